The number of nitrogens with zero attached hydrogens (tertiary/aromatic N) is 1. The molecule has 2 aromatic heterocycles. The number of anilines is 1. The van der Waals surface area contributed by atoms with Gasteiger partial charge in [0, 0.05) is 0 Å². The quantitative estimate of drug-likeness (QED) is 0.641. The normalized spacial score (nSPS) is 10.7. The van der Waals surface area contributed by atoms with Crippen molar-refractivity contribution in [3.05, 3.63) is 21.6 Å². The molecule has 0 saturated heterocycles. The van der Waals surface area contributed by atoms with Crippen LogP contribution in [0, 0.1) is 0 Å². The molecule has 2 aromatic rings. The summed E-state index contributed by atoms with van der Waals surface area (Å²) in [6.45, 7) is 0. The van der Waals surface area contributed by atoms with Crippen LogP contribution in [0.5, 0.6) is 0 Å². The van der Waals surface area contributed by atoms with E-state index in [4.69, 9.17) is 21.8 Å². The minimum atomic E-state index is 0.0877. The monoisotopic (exact) mass is 274 g/mol. The molecule has 0 atom stereocenters. The molecule has 0 amide bonds. The first-order valence-electron chi connectivity index (χ1n) is 3.62. The maximum absolute atomic E-state index is 10.6. The van der Waals surface area contributed by atoms with Crippen LogP contribution in [0.15, 0.2) is 15.1 Å². The number of rotatable bonds is 1. The highest BCUT2D eigenvalue weighted by molar-refractivity contribution is 9.10. The van der Waals surface area contributed by atoms with Crippen molar-refractivity contribution in [1.82, 2.24) is 4.98 Å². The van der Waals surface area contributed by atoms with Gasteiger partial charge in [0.2, 0.25) is 0 Å². The van der Waals surface area contributed by atoms with E-state index in [-0.39, 0.29) is 16.6 Å². The van der Waals surface area contributed by atoms with Crippen molar-refractivity contribution in [3.63, 3.8) is 0 Å². The minimum Gasteiger partial charge on any atom is -0.448 e. The molecule has 72 valence electrons. The zero-order valence-corrected chi connectivity index (χ0v) is 9.09. The second kappa shape index (κ2) is 3.25. The number of hydrogen-bond donors (Lipinski definition) is 1. The number of halogens is 2. The number of hydrogen-bond acceptors (Lipinski definition) is 4. The molecule has 0 saturated carbocycles. The van der Waals surface area contributed by atoms with Crippen LogP contribution in [-0.2, 0) is 0 Å². The molecule has 4 nitrogen and oxygen atoms in total. The molecule has 0 aliphatic rings. The van der Waals surface area contributed by atoms with Gasteiger partial charge in [-0.2, -0.15) is 0 Å². The molecule has 0 aliphatic carbocycles. The van der Waals surface area contributed by atoms with Gasteiger partial charge in [0.05, 0.1) is 11.1 Å². The standard InChI is InChI=1S/C8H4BrClN2O2/c9-8-7-3(1-5(10)12-8)6(11)4(2-13)14-7/h1-2H,11H2. The van der Waals surface area contributed by atoms with Gasteiger partial charge in [-0.1, -0.05) is 11.6 Å². The van der Waals surface area contributed by atoms with Gasteiger partial charge in [0.1, 0.15) is 5.15 Å². The molecule has 0 bridgehead atoms. The van der Waals surface area contributed by atoms with E-state index in [2.05, 4.69) is 20.9 Å². The van der Waals surface area contributed by atoms with E-state index >= 15 is 0 Å². The largest absolute Gasteiger partial charge is 0.448 e. The second-order valence-corrected chi connectivity index (χ2v) is 3.75. The Morgan fingerprint density at radius 3 is 3.00 bits per heavy atom. The van der Waals surface area contributed by atoms with Crippen LogP contribution in [-0.4, -0.2) is 11.3 Å². The molecule has 0 radical (unpaired) electrons. The van der Waals surface area contributed by atoms with Crippen LogP contribution < -0.4 is 5.73 Å². The first kappa shape index (κ1) is 9.48. The summed E-state index contributed by atoms with van der Waals surface area (Å²) in [6, 6.07) is 1.55. The molecule has 0 unspecified atom stereocenters. The topological polar surface area (TPSA) is 69.1 Å². The Morgan fingerprint density at radius 1 is 1.64 bits per heavy atom. The van der Waals surface area contributed by atoms with Crippen LogP contribution >= 0.6 is 27.5 Å². The molecule has 0 spiro atoms. The summed E-state index contributed by atoms with van der Waals surface area (Å²) in [5, 5.41) is 0.869. The third-order valence-electron chi connectivity index (χ3n) is 1.78. The van der Waals surface area contributed by atoms with Crippen molar-refractivity contribution < 1.29 is 9.21 Å². The fourth-order valence-electron chi connectivity index (χ4n) is 1.15. The van der Waals surface area contributed by atoms with Gasteiger partial charge >= 0.3 is 0 Å². The zero-order valence-electron chi connectivity index (χ0n) is 6.75. The third kappa shape index (κ3) is 1.29. The Morgan fingerprint density at radius 2 is 2.36 bits per heavy atom. The summed E-state index contributed by atoms with van der Waals surface area (Å²) in [7, 11) is 0. The number of pyridine rings is 1. The zero-order chi connectivity index (χ0) is 10.3. The van der Waals surface area contributed by atoms with Crippen molar-refractivity contribution in [2.45, 2.75) is 0 Å². The average molecular weight is 275 g/mol. The van der Waals surface area contributed by atoms with Crippen LogP contribution in [0.2, 0.25) is 5.15 Å². The van der Waals surface area contributed by atoms with Crippen LogP contribution in [0.4, 0.5) is 5.69 Å². The smallest absolute Gasteiger partial charge is 0.190 e. The highest BCUT2D eigenvalue weighted by atomic mass is 79.9. The van der Waals surface area contributed by atoms with Crippen molar-refractivity contribution in [2.75, 3.05) is 5.73 Å². The SMILES string of the molecule is Nc1c(C=O)oc2c(Br)nc(Cl)cc12. The number of fused-ring (bicyclic) bond motifs is 1. The fourth-order valence-corrected chi connectivity index (χ4v) is 1.94. The highest BCUT2D eigenvalue weighted by Crippen LogP contribution is 2.33. The van der Waals surface area contributed by atoms with Gasteiger partial charge in [0.15, 0.2) is 22.2 Å². The van der Waals surface area contributed by atoms with Crippen LogP contribution in [0.1, 0.15) is 10.6 Å². The molecule has 0 fully saturated rings. The van der Waals surface area contributed by atoms with Crippen molar-refractivity contribution >= 4 is 50.5 Å². The van der Waals surface area contributed by atoms with E-state index in [1.165, 1.54) is 0 Å². The summed E-state index contributed by atoms with van der Waals surface area (Å²) < 4.78 is 5.60. The number of furan rings is 1. The van der Waals surface area contributed by atoms with Gasteiger partial charge in [-0.3, -0.25) is 4.79 Å². The van der Waals surface area contributed by atoms with E-state index in [0.29, 0.717) is 21.9 Å². The molecule has 0 aromatic carbocycles. The lowest BCUT2D eigenvalue weighted by molar-refractivity contribution is 0.110. The number of aldehydes is 1. The van der Waals surface area contributed by atoms with Crippen molar-refractivity contribution in [3.8, 4) is 0 Å². The van der Waals surface area contributed by atoms with E-state index in [1.807, 2.05) is 0 Å². The summed E-state index contributed by atoms with van der Waals surface area (Å²) >= 11 is 8.89. The molecule has 2 heterocycles. The predicted octanol–water partition coefficient (Wildman–Crippen LogP) is 2.64. The fraction of sp³-hybridized carbons (Fsp3) is 0. The van der Waals surface area contributed by atoms with Gasteiger partial charge in [-0.15, -0.1) is 0 Å². The maximum Gasteiger partial charge on any atom is 0.190 e. The Labute approximate surface area is 92.2 Å². The van der Waals surface area contributed by atoms with E-state index in [1.54, 1.807) is 6.07 Å². The second-order valence-electron chi connectivity index (χ2n) is 2.61. The predicted molar refractivity (Wildman–Crippen MR) is 56.5 cm³/mol. The maximum atomic E-state index is 10.6. The molecular formula is C8H4BrClN2O2. The number of nitrogen functional groups attached to an aromatic ring is 1. The summed E-state index contributed by atoms with van der Waals surface area (Å²) in [6.07, 6.45) is 0.551. The van der Waals surface area contributed by atoms with Gasteiger partial charge in [0.25, 0.3) is 0 Å². The lowest BCUT2D eigenvalue weighted by atomic mass is 10.2. The van der Waals surface area contributed by atoms with Crippen molar-refractivity contribution in [2.24, 2.45) is 0 Å². The van der Waals surface area contributed by atoms with E-state index in [0.717, 1.165) is 0 Å². The Bertz CT molecular complexity index is 524. The molecule has 0 aliphatic heterocycles. The molecule has 2 rings (SSSR count). The van der Waals surface area contributed by atoms with E-state index < -0.39 is 0 Å². The van der Waals surface area contributed by atoms with Crippen LogP contribution in [0.3, 0.4) is 0 Å². The molecule has 14 heavy (non-hydrogen) atoms. The van der Waals surface area contributed by atoms with Gasteiger partial charge in [-0.05, 0) is 22.0 Å². The van der Waals surface area contributed by atoms with Crippen LogP contribution in [0.25, 0.3) is 11.0 Å². The number of carbonyl (C=O) groups excluding carboxylic acids is 1. The molecule has 2 N–H and O–H groups in total. The third-order valence-corrected chi connectivity index (χ3v) is 2.51. The minimum absolute atomic E-state index is 0.0877. The average Bonchev–Trinajstić information content (AvgIpc) is 2.44. The number of nitrogens with two attached hydrogens (primary N) is 1. The van der Waals surface area contributed by atoms with E-state index in [9.17, 15) is 4.79 Å². The Balaban J connectivity index is 2.91. The lowest BCUT2D eigenvalue weighted by Crippen LogP contribution is -1.87. The first-order chi connectivity index (χ1) is 6.63. The van der Waals surface area contributed by atoms with Gasteiger partial charge in [-0.25, -0.2) is 4.98 Å². The Hall–Kier alpha value is -1.07. The summed E-state index contributed by atoms with van der Waals surface area (Å²) in [4.78, 5) is 14.5. The van der Waals surface area contributed by atoms with Crippen molar-refractivity contribution in [1.29, 1.82) is 0 Å². The lowest BCUT2D eigenvalue weighted by Gasteiger charge is -1.93. The summed E-state index contributed by atoms with van der Waals surface area (Å²) in [5.74, 6) is 0.0877. The number of aromatic nitrogens is 1. The molecule has 6 heteroatoms. The van der Waals surface area contributed by atoms with Gasteiger partial charge < -0.3 is 10.2 Å². The summed E-state index contributed by atoms with van der Waals surface area (Å²) in [5.41, 5.74) is 6.36. The molecular weight excluding hydrogens is 271 g/mol. The Kier molecular flexibility index (Phi) is 2.20. The number of carbonyl (C=O) groups is 1. The first-order valence-corrected chi connectivity index (χ1v) is 4.79. The highest BCUT2D eigenvalue weighted by Gasteiger charge is 2.14.